The van der Waals surface area contributed by atoms with E-state index in [1.165, 1.54) is 0 Å². The maximum absolute atomic E-state index is 5.46. The van der Waals surface area contributed by atoms with Crippen molar-refractivity contribution >= 4 is 5.84 Å². The smallest absolute Gasteiger partial charge is 0.0910 e. The van der Waals surface area contributed by atoms with Crippen LogP contribution in [0.5, 0.6) is 0 Å². The molecule has 0 atom stereocenters. The number of hydrogen-bond acceptors (Lipinski definition) is 2. The fourth-order valence-electron chi connectivity index (χ4n) is 1.28. The maximum Gasteiger partial charge on any atom is 0.0910 e. The standard InChI is InChI=1S/C8H17N3/c1-6(2)11-4-8(5-11)10-7(3)9/h6,8H,4-5H2,1-3H3,(H2,9,10). The number of amidine groups is 1. The molecule has 0 bridgehead atoms. The first-order chi connectivity index (χ1) is 5.09. The quantitative estimate of drug-likeness (QED) is 0.465. The van der Waals surface area contributed by atoms with Gasteiger partial charge in [-0.05, 0) is 20.8 Å². The average molecular weight is 155 g/mol. The average Bonchev–Trinajstić information content (AvgIpc) is 1.75. The fourth-order valence-corrected chi connectivity index (χ4v) is 1.28. The van der Waals surface area contributed by atoms with Gasteiger partial charge in [0.15, 0.2) is 0 Å². The third kappa shape index (κ3) is 2.19. The summed E-state index contributed by atoms with van der Waals surface area (Å²) in [5.74, 6) is 0.707. The van der Waals surface area contributed by atoms with Crippen molar-refractivity contribution in [3.05, 3.63) is 0 Å². The summed E-state index contributed by atoms with van der Waals surface area (Å²) < 4.78 is 0. The molecule has 3 nitrogen and oxygen atoms in total. The summed E-state index contributed by atoms with van der Waals surface area (Å²) >= 11 is 0. The van der Waals surface area contributed by atoms with Gasteiger partial charge in [0.05, 0.1) is 11.9 Å². The molecule has 1 saturated heterocycles. The van der Waals surface area contributed by atoms with Crippen LogP contribution in [0.4, 0.5) is 0 Å². The van der Waals surface area contributed by atoms with E-state index in [-0.39, 0.29) is 0 Å². The van der Waals surface area contributed by atoms with Crippen molar-refractivity contribution in [2.24, 2.45) is 10.7 Å². The molecular formula is C8H17N3. The SMILES string of the molecule is CC(N)=NC1CN(C(C)C)C1. The lowest BCUT2D eigenvalue weighted by molar-refractivity contribution is 0.114. The van der Waals surface area contributed by atoms with Crippen molar-refractivity contribution in [1.29, 1.82) is 0 Å². The fraction of sp³-hybridized carbons (Fsp3) is 0.875. The molecule has 2 N–H and O–H groups in total. The Bertz CT molecular complexity index is 153. The highest BCUT2D eigenvalue weighted by molar-refractivity contribution is 5.77. The number of nitrogens with two attached hydrogens (primary N) is 1. The normalized spacial score (nSPS) is 22.4. The summed E-state index contributed by atoms with van der Waals surface area (Å²) in [4.78, 5) is 6.65. The Balaban J connectivity index is 2.24. The molecule has 0 aromatic heterocycles. The van der Waals surface area contributed by atoms with E-state index in [9.17, 15) is 0 Å². The molecule has 11 heavy (non-hydrogen) atoms. The van der Waals surface area contributed by atoms with E-state index < -0.39 is 0 Å². The topological polar surface area (TPSA) is 41.6 Å². The van der Waals surface area contributed by atoms with Crippen LogP contribution in [-0.4, -0.2) is 35.9 Å². The van der Waals surface area contributed by atoms with Gasteiger partial charge in [-0.2, -0.15) is 0 Å². The third-order valence-electron chi connectivity index (χ3n) is 2.01. The van der Waals surface area contributed by atoms with E-state index in [1.54, 1.807) is 0 Å². The predicted octanol–water partition coefficient (Wildman–Crippen LogP) is 0.456. The highest BCUT2D eigenvalue weighted by Crippen LogP contribution is 2.14. The zero-order valence-electron chi connectivity index (χ0n) is 7.54. The van der Waals surface area contributed by atoms with Crippen LogP contribution in [0.1, 0.15) is 20.8 Å². The highest BCUT2D eigenvalue weighted by Gasteiger charge is 2.27. The predicted molar refractivity (Wildman–Crippen MR) is 47.8 cm³/mol. The van der Waals surface area contributed by atoms with Gasteiger partial charge in [0.25, 0.3) is 0 Å². The van der Waals surface area contributed by atoms with Gasteiger partial charge < -0.3 is 5.73 Å². The Hall–Kier alpha value is -0.570. The van der Waals surface area contributed by atoms with Crippen LogP contribution < -0.4 is 5.73 Å². The summed E-state index contributed by atoms with van der Waals surface area (Å²) in [6, 6.07) is 1.11. The molecule has 0 unspecified atom stereocenters. The van der Waals surface area contributed by atoms with Gasteiger partial charge in [0.2, 0.25) is 0 Å². The first kappa shape index (κ1) is 8.53. The first-order valence-corrected chi connectivity index (χ1v) is 4.13. The van der Waals surface area contributed by atoms with E-state index in [4.69, 9.17) is 5.73 Å². The molecule has 0 aromatic rings. The van der Waals surface area contributed by atoms with E-state index in [1.807, 2.05) is 6.92 Å². The van der Waals surface area contributed by atoms with Gasteiger partial charge in [-0.1, -0.05) is 0 Å². The minimum absolute atomic E-state index is 0.461. The molecule has 0 amide bonds. The van der Waals surface area contributed by atoms with Crippen LogP contribution >= 0.6 is 0 Å². The summed E-state index contributed by atoms with van der Waals surface area (Å²) in [6.07, 6.45) is 0. The van der Waals surface area contributed by atoms with Gasteiger partial charge in [-0.25, -0.2) is 0 Å². The Morgan fingerprint density at radius 2 is 2.09 bits per heavy atom. The molecule has 1 heterocycles. The second-order valence-corrected chi connectivity index (χ2v) is 3.47. The van der Waals surface area contributed by atoms with Gasteiger partial charge in [0, 0.05) is 19.1 Å². The number of hydrogen-bond donors (Lipinski definition) is 1. The molecule has 1 aliphatic heterocycles. The van der Waals surface area contributed by atoms with Crippen LogP contribution in [0.3, 0.4) is 0 Å². The number of nitrogens with zero attached hydrogens (tertiary/aromatic N) is 2. The lowest BCUT2D eigenvalue weighted by atomic mass is 10.1. The van der Waals surface area contributed by atoms with Crippen LogP contribution in [0.25, 0.3) is 0 Å². The van der Waals surface area contributed by atoms with Gasteiger partial charge in [-0.3, -0.25) is 9.89 Å². The number of rotatable bonds is 2. The third-order valence-corrected chi connectivity index (χ3v) is 2.01. The zero-order chi connectivity index (χ0) is 8.43. The van der Waals surface area contributed by atoms with E-state index in [0.717, 1.165) is 13.1 Å². The lowest BCUT2D eigenvalue weighted by Gasteiger charge is -2.39. The molecule has 0 saturated carbocycles. The Morgan fingerprint density at radius 3 is 2.45 bits per heavy atom. The largest absolute Gasteiger partial charge is 0.388 e. The summed E-state index contributed by atoms with van der Waals surface area (Å²) in [5, 5.41) is 0. The monoisotopic (exact) mass is 155 g/mol. The molecular weight excluding hydrogens is 138 g/mol. The van der Waals surface area contributed by atoms with Crippen LogP contribution in [-0.2, 0) is 0 Å². The Morgan fingerprint density at radius 1 is 1.55 bits per heavy atom. The number of aliphatic imine (C=N–C) groups is 1. The van der Waals surface area contributed by atoms with Crippen molar-refractivity contribution in [1.82, 2.24) is 4.90 Å². The molecule has 64 valence electrons. The van der Waals surface area contributed by atoms with Crippen LogP contribution in [0.2, 0.25) is 0 Å². The molecule has 0 radical (unpaired) electrons. The van der Waals surface area contributed by atoms with Crippen molar-refractivity contribution in [2.75, 3.05) is 13.1 Å². The van der Waals surface area contributed by atoms with Gasteiger partial charge in [-0.15, -0.1) is 0 Å². The Labute approximate surface area is 68.3 Å². The van der Waals surface area contributed by atoms with E-state index in [0.29, 0.717) is 17.9 Å². The van der Waals surface area contributed by atoms with Crippen LogP contribution in [0.15, 0.2) is 4.99 Å². The van der Waals surface area contributed by atoms with Crippen molar-refractivity contribution < 1.29 is 0 Å². The molecule has 1 aliphatic rings. The first-order valence-electron chi connectivity index (χ1n) is 4.13. The molecule has 1 rings (SSSR count). The Kier molecular flexibility index (Phi) is 2.49. The van der Waals surface area contributed by atoms with Crippen LogP contribution in [0, 0.1) is 0 Å². The lowest BCUT2D eigenvalue weighted by Crippen LogP contribution is -2.53. The summed E-state index contributed by atoms with van der Waals surface area (Å²) in [6.45, 7) is 8.40. The second-order valence-electron chi connectivity index (χ2n) is 3.47. The van der Waals surface area contributed by atoms with Gasteiger partial charge >= 0.3 is 0 Å². The molecule has 0 spiro atoms. The minimum Gasteiger partial charge on any atom is -0.388 e. The molecule has 1 fully saturated rings. The highest BCUT2D eigenvalue weighted by atomic mass is 15.2. The minimum atomic E-state index is 0.461. The van der Waals surface area contributed by atoms with E-state index >= 15 is 0 Å². The van der Waals surface area contributed by atoms with Crippen molar-refractivity contribution in [3.8, 4) is 0 Å². The van der Waals surface area contributed by atoms with Gasteiger partial charge in [0.1, 0.15) is 0 Å². The van der Waals surface area contributed by atoms with Crippen molar-refractivity contribution in [3.63, 3.8) is 0 Å². The molecule has 0 aliphatic carbocycles. The molecule has 0 aromatic carbocycles. The summed E-state index contributed by atoms with van der Waals surface area (Å²) in [7, 11) is 0. The van der Waals surface area contributed by atoms with E-state index in [2.05, 4.69) is 23.7 Å². The van der Waals surface area contributed by atoms with Crippen molar-refractivity contribution in [2.45, 2.75) is 32.9 Å². The zero-order valence-corrected chi connectivity index (χ0v) is 7.54. The molecule has 3 heteroatoms. The second kappa shape index (κ2) is 3.22. The maximum atomic E-state index is 5.46. The summed E-state index contributed by atoms with van der Waals surface area (Å²) in [5.41, 5.74) is 5.46. The number of likely N-dealkylation sites (tertiary alicyclic amines) is 1.